The number of carbonyl (C=O) groups excluding carboxylic acids is 1. The van der Waals surface area contributed by atoms with Gasteiger partial charge in [0.2, 0.25) is 11.7 Å². The number of ether oxygens (including phenoxy) is 1. The average molecular weight is 660 g/mol. The number of aliphatic imine (C=N–C) groups is 1. The first-order valence-corrected chi connectivity index (χ1v) is 16.3. The predicted molar refractivity (Wildman–Crippen MR) is 197 cm³/mol. The van der Waals surface area contributed by atoms with Crippen molar-refractivity contribution < 1.29 is 14.1 Å². The van der Waals surface area contributed by atoms with E-state index in [-0.39, 0.29) is 23.6 Å². The minimum atomic E-state index is -0.280. The van der Waals surface area contributed by atoms with Crippen LogP contribution in [0.3, 0.4) is 0 Å². The van der Waals surface area contributed by atoms with E-state index >= 15 is 0 Å². The van der Waals surface area contributed by atoms with Gasteiger partial charge in [-0.15, -0.1) is 0 Å². The Morgan fingerprint density at radius 3 is 2.40 bits per heavy atom. The number of rotatable bonds is 11. The molecule has 4 rings (SSSR count). The Balaban J connectivity index is 1.44. The number of nitrogens with zero attached hydrogens (tertiary/aromatic N) is 2. The van der Waals surface area contributed by atoms with E-state index in [1.807, 2.05) is 107 Å². The number of amides is 1. The van der Waals surface area contributed by atoms with Crippen LogP contribution < -0.4 is 26.1 Å². The van der Waals surface area contributed by atoms with Gasteiger partial charge in [-0.1, -0.05) is 87.7 Å². The highest BCUT2D eigenvalue weighted by Crippen LogP contribution is 2.28. The Morgan fingerprint density at radius 1 is 1.04 bits per heavy atom. The number of allylic oxidation sites excluding steroid dienone is 1. The lowest BCUT2D eigenvalue weighted by atomic mass is 9.92. The fraction of sp³-hybridized carbons (Fsp3) is 0.179. The number of anilines is 1. The van der Waals surface area contributed by atoms with Crippen LogP contribution in [0.5, 0.6) is 5.75 Å². The molecule has 0 atom stereocenters. The summed E-state index contributed by atoms with van der Waals surface area (Å²) in [6.07, 6.45) is 5.38. The summed E-state index contributed by atoms with van der Waals surface area (Å²) in [6, 6.07) is 26.5. The number of hydrogen-bond acceptors (Lipinski definition) is 7. The average Bonchev–Trinajstić information content (AvgIpc) is 3.05. The molecule has 0 radical (unpaired) electrons. The largest absolute Gasteiger partial charge is 0.489 e. The molecule has 4 aromatic rings. The summed E-state index contributed by atoms with van der Waals surface area (Å²) in [6.45, 7) is 15.9. The molecule has 0 saturated heterocycles. The van der Waals surface area contributed by atoms with Crippen LogP contribution in [0.15, 0.2) is 142 Å². The van der Waals surface area contributed by atoms with Crippen molar-refractivity contribution >= 4 is 40.8 Å². The van der Waals surface area contributed by atoms with Crippen LogP contribution in [-0.4, -0.2) is 24.2 Å². The van der Waals surface area contributed by atoms with Gasteiger partial charge in [-0.25, -0.2) is 9.56 Å². The van der Waals surface area contributed by atoms with Crippen molar-refractivity contribution in [3.05, 3.63) is 144 Å². The molecule has 0 saturated carbocycles. The summed E-state index contributed by atoms with van der Waals surface area (Å²) < 4.78 is 7.41. The molecule has 48 heavy (non-hydrogen) atoms. The Bertz CT molecular complexity index is 1870. The summed E-state index contributed by atoms with van der Waals surface area (Å²) in [4.78, 5) is 19.6. The van der Waals surface area contributed by atoms with Crippen LogP contribution in [0.2, 0.25) is 0 Å². The van der Waals surface area contributed by atoms with Crippen molar-refractivity contribution in [1.82, 2.24) is 5.32 Å². The summed E-state index contributed by atoms with van der Waals surface area (Å²) in [7, 11) is 0. The lowest BCUT2D eigenvalue weighted by Crippen LogP contribution is -2.45. The lowest BCUT2D eigenvalue weighted by molar-refractivity contribution is -0.541. The minimum Gasteiger partial charge on any atom is -0.489 e. The van der Waals surface area contributed by atoms with Crippen molar-refractivity contribution in [2.45, 2.75) is 43.9 Å². The number of nitrogen functional groups attached to an aromatic ring is 1. The summed E-state index contributed by atoms with van der Waals surface area (Å²) in [5.74, 6) is 1.47. The maximum atomic E-state index is 13.1. The fourth-order valence-electron chi connectivity index (χ4n) is 4.26. The summed E-state index contributed by atoms with van der Waals surface area (Å²) in [5.41, 5.74) is 17.1. The summed E-state index contributed by atoms with van der Waals surface area (Å²) >= 11 is 1.53. The first-order valence-electron chi connectivity index (χ1n) is 15.4. The molecular formula is C39H43N6O2S+. The molecule has 0 aliphatic rings. The van der Waals surface area contributed by atoms with Crippen LogP contribution >= 0.6 is 11.8 Å². The predicted octanol–water partition coefficient (Wildman–Crippen LogP) is 7.29. The van der Waals surface area contributed by atoms with E-state index in [4.69, 9.17) is 21.6 Å². The van der Waals surface area contributed by atoms with Gasteiger partial charge in [-0.2, -0.15) is 5.41 Å². The number of amidine groups is 1. The van der Waals surface area contributed by atoms with Crippen LogP contribution in [0.25, 0.3) is 0 Å². The van der Waals surface area contributed by atoms with Gasteiger partial charge in [0.05, 0.1) is 23.9 Å². The Kier molecular flexibility index (Phi) is 11.8. The molecule has 0 spiro atoms. The molecule has 3 aromatic carbocycles. The second kappa shape index (κ2) is 15.9. The molecule has 0 aliphatic heterocycles. The first-order chi connectivity index (χ1) is 22.8. The maximum absolute atomic E-state index is 13.1. The highest BCUT2D eigenvalue weighted by molar-refractivity contribution is 7.99. The SMILES string of the molecule is C=CC(=C)COc1cccc(C(=N)[n+]2cc(Sc3ccc(CC(=O)NC(C=C(N)C(C)(C)C)=Nc4ccc(C)cc4)cc3)ccc2N)c1. The molecule has 1 amide bonds. The molecule has 8 nitrogen and oxygen atoms in total. The van der Waals surface area contributed by atoms with Gasteiger partial charge in [0.25, 0.3) is 5.84 Å². The monoisotopic (exact) mass is 659 g/mol. The topological polar surface area (TPSA) is 130 Å². The molecular weight excluding hydrogens is 617 g/mol. The van der Waals surface area contributed by atoms with Gasteiger partial charge in [0.15, 0.2) is 0 Å². The molecule has 0 bridgehead atoms. The smallest absolute Gasteiger partial charge is 0.266 e. The van der Waals surface area contributed by atoms with E-state index in [2.05, 4.69) is 23.5 Å². The fourth-order valence-corrected chi connectivity index (χ4v) is 5.09. The number of aryl methyl sites for hydroxylation is 1. The first kappa shape index (κ1) is 35.4. The van der Waals surface area contributed by atoms with E-state index in [1.54, 1.807) is 28.9 Å². The van der Waals surface area contributed by atoms with Gasteiger partial charge in [0.1, 0.15) is 18.2 Å². The van der Waals surface area contributed by atoms with E-state index in [0.29, 0.717) is 35.3 Å². The third kappa shape index (κ3) is 10.3. The van der Waals surface area contributed by atoms with Crippen molar-refractivity contribution in [3.8, 4) is 5.75 Å². The van der Waals surface area contributed by atoms with Crippen molar-refractivity contribution in [2.75, 3.05) is 12.3 Å². The van der Waals surface area contributed by atoms with E-state index in [0.717, 1.165) is 32.2 Å². The molecule has 0 aliphatic carbocycles. The zero-order valence-corrected chi connectivity index (χ0v) is 28.7. The maximum Gasteiger partial charge on any atom is 0.266 e. The van der Waals surface area contributed by atoms with Crippen molar-refractivity contribution in [2.24, 2.45) is 16.1 Å². The Labute approximate surface area is 287 Å². The minimum absolute atomic E-state index is 0.171. The molecule has 1 heterocycles. The standard InChI is InChI=1S/C39H42N6O2S/c1-7-26(2)25-47-31-10-8-9-29(22-31)38(42)45-24-33(19-20-35(45)41)48-32-17-13-28(14-18-32)21-37(46)44-36(23-34(40)39(4,5)6)43-30-15-11-27(3)12-16-30/h7-20,22-24,41-42H,1-2,21,25H2,3-6H3,(H3,40,43,44,46)/p+1. The van der Waals surface area contributed by atoms with Gasteiger partial charge in [-0.3, -0.25) is 4.79 Å². The number of nitrogens with one attached hydrogen (secondary N) is 2. The van der Waals surface area contributed by atoms with Crippen molar-refractivity contribution in [1.29, 1.82) is 5.41 Å². The quantitative estimate of drug-likeness (QED) is 0.0582. The molecule has 0 unspecified atom stereocenters. The van der Waals surface area contributed by atoms with E-state index < -0.39 is 0 Å². The van der Waals surface area contributed by atoms with Crippen molar-refractivity contribution in [3.63, 3.8) is 0 Å². The zero-order valence-electron chi connectivity index (χ0n) is 27.9. The third-order valence-electron chi connectivity index (χ3n) is 7.25. The number of hydrogen-bond donors (Lipinski definition) is 4. The molecule has 246 valence electrons. The molecule has 9 heteroatoms. The number of nitrogens with two attached hydrogens (primary N) is 2. The highest BCUT2D eigenvalue weighted by Gasteiger charge is 2.17. The van der Waals surface area contributed by atoms with Crippen LogP contribution in [0.4, 0.5) is 11.5 Å². The molecule has 0 fully saturated rings. The van der Waals surface area contributed by atoms with Crippen LogP contribution in [0, 0.1) is 17.7 Å². The number of carbonyl (C=O) groups is 1. The number of benzene rings is 3. The second-order valence-corrected chi connectivity index (χ2v) is 13.5. The van der Waals surface area contributed by atoms with Crippen LogP contribution in [0.1, 0.15) is 37.5 Å². The molecule has 1 aromatic heterocycles. The van der Waals surface area contributed by atoms with E-state index in [9.17, 15) is 4.79 Å². The lowest BCUT2D eigenvalue weighted by Gasteiger charge is -2.19. The second-order valence-electron chi connectivity index (χ2n) is 12.3. The number of pyridine rings is 1. The zero-order chi connectivity index (χ0) is 34.8. The Hall–Kier alpha value is -5.41. The van der Waals surface area contributed by atoms with Gasteiger partial charge in [0, 0.05) is 33.0 Å². The highest BCUT2D eigenvalue weighted by atomic mass is 32.2. The normalized spacial score (nSPS) is 11.9. The van der Waals surface area contributed by atoms with Crippen LogP contribution in [-0.2, 0) is 11.2 Å². The van der Waals surface area contributed by atoms with Gasteiger partial charge >= 0.3 is 0 Å². The Morgan fingerprint density at radius 2 is 1.73 bits per heavy atom. The van der Waals surface area contributed by atoms with Gasteiger partial charge in [-0.05, 0) is 66.6 Å². The van der Waals surface area contributed by atoms with E-state index in [1.165, 1.54) is 11.8 Å². The summed E-state index contributed by atoms with van der Waals surface area (Å²) in [5, 5.41) is 11.8. The molecule has 6 N–H and O–H groups in total. The third-order valence-corrected chi connectivity index (χ3v) is 8.23. The number of aromatic nitrogens is 1. The van der Waals surface area contributed by atoms with Gasteiger partial charge < -0.3 is 21.5 Å².